The minimum Gasteiger partial charge on any atom is -0.383 e. The average Bonchev–Trinajstić information content (AvgIpc) is 2.71. The van der Waals surface area contributed by atoms with Crippen LogP contribution in [0.4, 0.5) is 11.8 Å². The topological polar surface area (TPSA) is 106 Å². The van der Waals surface area contributed by atoms with Crippen molar-refractivity contribution in [1.82, 2.24) is 20.2 Å². The highest BCUT2D eigenvalue weighted by atomic mass is 15.2. The Balaban J connectivity index is 2.39. The van der Waals surface area contributed by atoms with Gasteiger partial charge in [0.1, 0.15) is 5.82 Å². The van der Waals surface area contributed by atoms with Crippen molar-refractivity contribution in [2.24, 2.45) is 0 Å². The predicted octanol–water partition coefficient (Wildman–Crippen LogP) is 1.18. The molecule has 5 N–H and O–H groups in total. The van der Waals surface area contributed by atoms with Crippen molar-refractivity contribution < 1.29 is 0 Å². The normalized spacial score (nSPS) is 10.8. The van der Waals surface area contributed by atoms with E-state index in [2.05, 4.69) is 20.2 Å². The molecular formula is C11H10N6. The lowest BCUT2D eigenvalue weighted by molar-refractivity contribution is 1.10. The van der Waals surface area contributed by atoms with E-state index in [0.717, 1.165) is 5.56 Å². The Kier molecular flexibility index (Phi) is 1.94. The van der Waals surface area contributed by atoms with Crippen LogP contribution in [0.2, 0.25) is 0 Å². The molecule has 0 atom stereocenters. The highest BCUT2D eigenvalue weighted by Gasteiger charge is 2.13. The van der Waals surface area contributed by atoms with Crippen molar-refractivity contribution in [3.05, 3.63) is 30.3 Å². The Labute approximate surface area is 96.7 Å². The molecule has 2 heterocycles. The van der Waals surface area contributed by atoms with Gasteiger partial charge in [-0.15, -0.1) is 0 Å². The lowest BCUT2D eigenvalue weighted by Crippen LogP contribution is -1.98. The summed E-state index contributed by atoms with van der Waals surface area (Å²) in [5.74, 6) is 0.627. The standard InChI is InChI=1S/C11H10N6/c12-9-7-8(6-4-2-1-3-5-6)14-11(13)15-10(7)17-16-9/h1-5H,(H5,12,13,14,15,16,17). The van der Waals surface area contributed by atoms with Gasteiger partial charge < -0.3 is 11.5 Å². The van der Waals surface area contributed by atoms with Crippen LogP contribution in [0.25, 0.3) is 22.3 Å². The van der Waals surface area contributed by atoms with E-state index in [4.69, 9.17) is 11.5 Å². The molecule has 0 spiro atoms. The zero-order valence-electron chi connectivity index (χ0n) is 8.88. The van der Waals surface area contributed by atoms with Crippen molar-refractivity contribution in [1.29, 1.82) is 0 Å². The Bertz CT molecular complexity index is 673. The van der Waals surface area contributed by atoms with Crippen molar-refractivity contribution in [2.45, 2.75) is 0 Å². The Morgan fingerprint density at radius 3 is 2.53 bits per heavy atom. The highest BCUT2D eigenvalue weighted by Crippen LogP contribution is 2.28. The fourth-order valence-corrected chi connectivity index (χ4v) is 1.77. The summed E-state index contributed by atoms with van der Waals surface area (Å²) in [5.41, 5.74) is 13.6. The fraction of sp³-hybridized carbons (Fsp3) is 0. The van der Waals surface area contributed by atoms with Crippen LogP contribution < -0.4 is 11.5 Å². The van der Waals surface area contributed by atoms with Gasteiger partial charge in [-0.05, 0) is 0 Å². The van der Waals surface area contributed by atoms with E-state index in [9.17, 15) is 0 Å². The lowest BCUT2D eigenvalue weighted by atomic mass is 10.1. The first kappa shape index (κ1) is 9.59. The molecule has 3 rings (SSSR count). The second-order valence-corrected chi connectivity index (χ2v) is 3.63. The summed E-state index contributed by atoms with van der Waals surface area (Å²) in [7, 11) is 0. The van der Waals surface area contributed by atoms with Crippen LogP contribution in [0.5, 0.6) is 0 Å². The third-order valence-corrected chi connectivity index (χ3v) is 2.51. The maximum absolute atomic E-state index is 5.83. The molecule has 0 aliphatic rings. The number of aromatic nitrogens is 4. The first-order chi connectivity index (χ1) is 8.25. The summed E-state index contributed by atoms with van der Waals surface area (Å²) >= 11 is 0. The number of hydrogen-bond acceptors (Lipinski definition) is 5. The minimum atomic E-state index is 0.183. The number of anilines is 2. The molecule has 0 aliphatic heterocycles. The lowest BCUT2D eigenvalue weighted by Gasteiger charge is -2.03. The SMILES string of the molecule is Nc1nc(-c2ccccc2)c2c(N)[nH]nc2n1. The molecule has 3 aromatic rings. The third kappa shape index (κ3) is 1.46. The third-order valence-electron chi connectivity index (χ3n) is 2.51. The number of nitrogen functional groups attached to an aromatic ring is 2. The number of nitrogens with two attached hydrogens (primary N) is 2. The molecular weight excluding hydrogens is 216 g/mol. The van der Waals surface area contributed by atoms with Gasteiger partial charge in [0, 0.05) is 5.56 Å². The van der Waals surface area contributed by atoms with Crippen LogP contribution in [0.3, 0.4) is 0 Å². The molecule has 2 aromatic heterocycles. The van der Waals surface area contributed by atoms with Crippen molar-refractivity contribution >= 4 is 22.8 Å². The van der Waals surface area contributed by atoms with Crippen molar-refractivity contribution in [3.63, 3.8) is 0 Å². The summed E-state index contributed by atoms with van der Waals surface area (Å²) < 4.78 is 0. The van der Waals surface area contributed by atoms with Gasteiger partial charge in [0.15, 0.2) is 5.65 Å². The second-order valence-electron chi connectivity index (χ2n) is 3.63. The molecule has 84 valence electrons. The molecule has 0 radical (unpaired) electrons. The monoisotopic (exact) mass is 226 g/mol. The summed E-state index contributed by atoms with van der Waals surface area (Å²) in [4.78, 5) is 8.26. The maximum Gasteiger partial charge on any atom is 0.222 e. The Morgan fingerprint density at radius 2 is 1.76 bits per heavy atom. The molecule has 0 fully saturated rings. The van der Waals surface area contributed by atoms with Gasteiger partial charge in [0.25, 0.3) is 0 Å². The van der Waals surface area contributed by atoms with E-state index in [1.165, 1.54) is 0 Å². The van der Waals surface area contributed by atoms with Gasteiger partial charge in [-0.25, -0.2) is 4.98 Å². The van der Waals surface area contributed by atoms with Gasteiger partial charge in [-0.1, -0.05) is 30.3 Å². The van der Waals surface area contributed by atoms with Crippen molar-refractivity contribution in [3.8, 4) is 11.3 Å². The maximum atomic E-state index is 5.83. The molecule has 1 aromatic carbocycles. The van der Waals surface area contributed by atoms with Gasteiger partial charge in [0.2, 0.25) is 5.95 Å². The average molecular weight is 226 g/mol. The van der Waals surface area contributed by atoms with Crippen LogP contribution in [-0.2, 0) is 0 Å². The summed E-state index contributed by atoms with van der Waals surface area (Å²) in [6, 6.07) is 9.66. The molecule has 0 aliphatic carbocycles. The minimum absolute atomic E-state index is 0.183. The van der Waals surface area contributed by atoms with Gasteiger partial charge in [-0.2, -0.15) is 10.1 Å². The van der Waals surface area contributed by atoms with Crippen LogP contribution in [0.1, 0.15) is 0 Å². The molecule has 0 amide bonds. The molecule has 0 saturated heterocycles. The predicted molar refractivity (Wildman–Crippen MR) is 65.9 cm³/mol. The first-order valence-corrected chi connectivity index (χ1v) is 5.08. The van der Waals surface area contributed by atoms with E-state index in [-0.39, 0.29) is 5.95 Å². The van der Waals surface area contributed by atoms with Gasteiger partial charge in [-0.3, -0.25) is 5.10 Å². The van der Waals surface area contributed by atoms with Crippen LogP contribution in [0, 0.1) is 0 Å². The largest absolute Gasteiger partial charge is 0.383 e. The first-order valence-electron chi connectivity index (χ1n) is 5.08. The molecule has 17 heavy (non-hydrogen) atoms. The van der Waals surface area contributed by atoms with Crippen LogP contribution in [-0.4, -0.2) is 20.2 Å². The van der Waals surface area contributed by atoms with Gasteiger partial charge >= 0.3 is 0 Å². The quantitative estimate of drug-likeness (QED) is 0.577. The summed E-state index contributed by atoms with van der Waals surface area (Å²) in [6.07, 6.45) is 0. The van der Waals surface area contributed by atoms with E-state index >= 15 is 0 Å². The van der Waals surface area contributed by atoms with Crippen LogP contribution >= 0.6 is 0 Å². The van der Waals surface area contributed by atoms with E-state index in [1.54, 1.807) is 0 Å². The van der Waals surface area contributed by atoms with E-state index < -0.39 is 0 Å². The molecule has 6 heteroatoms. The van der Waals surface area contributed by atoms with Crippen molar-refractivity contribution in [2.75, 3.05) is 11.5 Å². The van der Waals surface area contributed by atoms with Gasteiger partial charge in [0.05, 0.1) is 11.1 Å². The molecule has 0 saturated carbocycles. The molecule has 0 unspecified atom stereocenters. The van der Waals surface area contributed by atoms with E-state index in [1.807, 2.05) is 30.3 Å². The zero-order chi connectivity index (χ0) is 11.8. The summed E-state index contributed by atoms with van der Waals surface area (Å²) in [5, 5.41) is 7.37. The molecule has 6 nitrogen and oxygen atoms in total. The number of nitrogens with zero attached hydrogens (tertiary/aromatic N) is 3. The molecule has 0 bridgehead atoms. The number of benzene rings is 1. The van der Waals surface area contributed by atoms with Crippen LogP contribution in [0.15, 0.2) is 30.3 Å². The van der Waals surface area contributed by atoms with E-state index in [0.29, 0.717) is 22.5 Å². The number of hydrogen-bond donors (Lipinski definition) is 3. The fourth-order valence-electron chi connectivity index (χ4n) is 1.77. The smallest absolute Gasteiger partial charge is 0.222 e. The number of nitrogens with one attached hydrogen (secondary N) is 1. The zero-order valence-corrected chi connectivity index (χ0v) is 8.88. The number of aromatic amines is 1. The Hall–Kier alpha value is -2.63. The number of fused-ring (bicyclic) bond motifs is 1. The summed E-state index contributed by atoms with van der Waals surface area (Å²) in [6.45, 7) is 0. The number of H-pyrrole nitrogens is 1. The second kappa shape index (κ2) is 3.44. The highest BCUT2D eigenvalue weighted by molar-refractivity contribution is 5.98. The Morgan fingerprint density at radius 1 is 1.00 bits per heavy atom. The number of rotatable bonds is 1.